The van der Waals surface area contributed by atoms with E-state index in [1.165, 1.54) is 0 Å². The zero-order chi connectivity index (χ0) is 13.8. The quantitative estimate of drug-likeness (QED) is 0.888. The number of benzene rings is 1. The summed E-state index contributed by atoms with van der Waals surface area (Å²) >= 11 is 0. The molecule has 0 saturated heterocycles. The van der Waals surface area contributed by atoms with Crippen LogP contribution < -0.4 is 10.2 Å². The van der Waals surface area contributed by atoms with E-state index in [0.29, 0.717) is 13.0 Å². The van der Waals surface area contributed by atoms with E-state index < -0.39 is 0 Å². The zero-order valence-corrected chi connectivity index (χ0v) is 12.1. The van der Waals surface area contributed by atoms with Crippen LogP contribution in [0.4, 0.5) is 5.69 Å². The third kappa shape index (κ3) is 4.49. The predicted octanol–water partition coefficient (Wildman–Crippen LogP) is 2.74. The molecule has 3 nitrogen and oxygen atoms in total. The molecule has 3 heteroatoms. The van der Waals surface area contributed by atoms with E-state index in [2.05, 4.69) is 26.1 Å². The Kier molecular flexibility index (Phi) is 4.91. The lowest BCUT2D eigenvalue weighted by molar-refractivity contribution is -0.118. The molecule has 0 bridgehead atoms. The van der Waals surface area contributed by atoms with Gasteiger partial charge >= 0.3 is 0 Å². The van der Waals surface area contributed by atoms with Crippen molar-refractivity contribution < 1.29 is 4.79 Å². The molecule has 1 aromatic carbocycles. The first-order chi connectivity index (χ1) is 8.31. The van der Waals surface area contributed by atoms with Gasteiger partial charge in [0.25, 0.3) is 0 Å². The molecule has 0 aliphatic heterocycles. The van der Waals surface area contributed by atoms with Gasteiger partial charge in [-0.05, 0) is 39.3 Å². The molecule has 18 heavy (non-hydrogen) atoms. The van der Waals surface area contributed by atoms with Gasteiger partial charge in [-0.25, -0.2) is 0 Å². The summed E-state index contributed by atoms with van der Waals surface area (Å²) in [5.41, 5.74) is 2.16. The summed E-state index contributed by atoms with van der Waals surface area (Å²) in [5.74, 6) is 0.140. The van der Waals surface area contributed by atoms with Gasteiger partial charge in [-0.15, -0.1) is 0 Å². The predicted molar refractivity (Wildman–Crippen MR) is 77.0 cm³/mol. The number of amides is 1. The first kappa shape index (κ1) is 14.7. The molecule has 0 unspecified atom stereocenters. The molecule has 1 rings (SSSR count). The van der Waals surface area contributed by atoms with Crippen LogP contribution in [-0.2, 0) is 4.79 Å². The van der Waals surface area contributed by atoms with Gasteiger partial charge in [0, 0.05) is 31.2 Å². The molecular formula is C15H24N2O. The Morgan fingerprint density at radius 1 is 1.28 bits per heavy atom. The third-order valence-corrected chi connectivity index (χ3v) is 2.85. The van der Waals surface area contributed by atoms with Crippen molar-refractivity contribution in [2.24, 2.45) is 0 Å². The monoisotopic (exact) mass is 248 g/mol. The molecule has 0 heterocycles. The molecule has 0 radical (unpaired) electrons. The first-order valence-electron chi connectivity index (χ1n) is 6.38. The normalized spacial score (nSPS) is 11.4. The minimum absolute atomic E-state index is 0.0571. The summed E-state index contributed by atoms with van der Waals surface area (Å²) in [6.45, 7) is 9.03. The molecule has 0 atom stereocenters. The SMILES string of the molecule is Cc1ccccc1N(C)C(=O)CCNC(C)(C)C. The molecular weight excluding hydrogens is 224 g/mol. The largest absolute Gasteiger partial charge is 0.315 e. The van der Waals surface area contributed by atoms with E-state index in [4.69, 9.17) is 0 Å². The maximum absolute atomic E-state index is 12.1. The van der Waals surface area contributed by atoms with Crippen LogP contribution in [0, 0.1) is 6.92 Å². The molecule has 0 saturated carbocycles. The van der Waals surface area contributed by atoms with Crippen LogP contribution >= 0.6 is 0 Å². The number of anilines is 1. The van der Waals surface area contributed by atoms with Gasteiger partial charge in [-0.3, -0.25) is 4.79 Å². The van der Waals surface area contributed by atoms with Crippen molar-refractivity contribution in [1.82, 2.24) is 5.32 Å². The summed E-state index contributed by atoms with van der Waals surface area (Å²) in [4.78, 5) is 13.8. The van der Waals surface area contributed by atoms with Crippen molar-refractivity contribution in [1.29, 1.82) is 0 Å². The van der Waals surface area contributed by atoms with E-state index in [0.717, 1.165) is 11.3 Å². The van der Waals surface area contributed by atoms with Crippen molar-refractivity contribution in [2.45, 2.75) is 39.7 Å². The number of nitrogens with one attached hydrogen (secondary N) is 1. The number of carbonyl (C=O) groups excluding carboxylic acids is 1. The summed E-state index contributed by atoms with van der Waals surface area (Å²) in [6, 6.07) is 7.94. The summed E-state index contributed by atoms with van der Waals surface area (Å²) in [6.07, 6.45) is 0.516. The second-order valence-electron chi connectivity index (χ2n) is 5.67. The van der Waals surface area contributed by atoms with Gasteiger partial charge in [-0.1, -0.05) is 18.2 Å². The highest BCUT2D eigenvalue weighted by molar-refractivity contribution is 5.93. The number of aryl methyl sites for hydroxylation is 1. The molecule has 0 aliphatic carbocycles. The van der Waals surface area contributed by atoms with Crippen molar-refractivity contribution in [2.75, 3.05) is 18.5 Å². The molecule has 0 aliphatic rings. The molecule has 1 N–H and O–H groups in total. The van der Waals surface area contributed by atoms with Gasteiger partial charge < -0.3 is 10.2 Å². The highest BCUT2D eigenvalue weighted by atomic mass is 16.2. The topological polar surface area (TPSA) is 32.3 Å². The standard InChI is InChI=1S/C15H24N2O/c1-12-8-6-7-9-13(12)17(5)14(18)10-11-16-15(2,3)4/h6-9,16H,10-11H2,1-5H3. The summed E-state index contributed by atoms with van der Waals surface area (Å²) in [5, 5.41) is 3.33. The molecule has 100 valence electrons. The van der Waals surface area contributed by atoms with Gasteiger partial charge in [-0.2, -0.15) is 0 Å². The van der Waals surface area contributed by atoms with Crippen LogP contribution in [0.2, 0.25) is 0 Å². The Bertz CT molecular complexity index is 407. The minimum Gasteiger partial charge on any atom is -0.315 e. The number of para-hydroxylation sites is 1. The molecule has 0 spiro atoms. The summed E-state index contributed by atoms with van der Waals surface area (Å²) < 4.78 is 0. The maximum atomic E-state index is 12.1. The average Bonchev–Trinajstić information content (AvgIpc) is 2.27. The van der Waals surface area contributed by atoms with Crippen LogP contribution in [0.5, 0.6) is 0 Å². The Hall–Kier alpha value is -1.35. The number of rotatable bonds is 4. The van der Waals surface area contributed by atoms with Crippen LogP contribution in [0.1, 0.15) is 32.8 Å². The van der Waals surface area contributed by atoms with Crippen molar-refractivity contribution in [3.8, 4) is 0 Å². The zero-order valence-electron chi connectivity index (χ0n) is 12.1. The fourth-order valence-electron chi connectivity index (χ4n) is 1.79. The second-order valence-corrected chi connectivity index (χ2v) is 5.67. The van der Waals surface area contributed by atoms with E-state index in [1.807, 2.05) is 38.2 Å². The molecule has 0 aromatic heterocycles. The minimum atomic E-state index is 0.0571. The van der Waals surface area contributed by atoms with E-state index in [1.54, 1.807) is 4.90 Å². The molecule has 1 aromatic rings. The highest BCUT2D eigenvalue weighted by Crippen LogP contribution is 2.18. The number of hydrogen-bond acceptors (Lipinski definition) is 2. The second kappa shape index (κ2) is 6.01. The van der Waals surface area contributed by atoms with Gasteiger partial charge in [0.15, 0.2) is 0 Å². The van der Waals surface area contributed by atoms with Gasteiger partial charge in [0.2, 0.25) is 5.91 Å². The van der Waals surface area contributed by atoms with E-state index >= 15 is 0 Å². The smallest absolute Gasteiger partial charge is 0.228 e. The Morgan fingerprint density at radius 3 is 2.44 bits per heavy atom. The lowest BCUT2D eigenvalue weighted by Gasteiger charge is -2.23. The Balaban J connectivity index is 2.55. The van der Waals surface area contributed by atoms with Crippen LogP contribution in [-0.4, -0.2) is 25.0 Å². The maximum Gasteiger partial charge on any atom is 0.228 e. The molecule has 1 amide bonds. The lowest BCUT2D eigenvalue weighted by Crippen LogP contribution is -2.39. The van der Waals surface area contributed by atoms with Gasteiger partial charge in [0.1, 0.15) is 0 Å². The summed E-state index contributed by atoms with van der Waals surface area (Å²) in [7, 11) is 1.84. The first-order valence-corrected chi connectivity index (χ1v) is 6.38. The number of nitrogens with zero attached hydrogens (tertiary/aromatic N) is 1. The fourth-order valence-corrected chi connectivity index (χ4v) is 1.79. The number of hydrogen-bond donors (Lipinski definition) is 1. The third-order valence-electron chi connectivity index (χ3n) is 2.85. The average molecular weight is 248 g/mol. The highest BCUT2D eigenvalue weighted by Gasteiger charge is 2.14. The Labute approximate surface area is 110 Å². The van der Waals surface area contributed by atoms with Crippen molar-refractivity contribution >= 4 is 11.6 Å². The van der Waals surface area contributed by atoms with E-state index in [9.17, 15) is 4.79 Å². The van der Waals surface area contributed by atoms with Gasteiger partial charge in [0.05, 0.1) is 0 Å². The van der Waals surface area contributed by atoms with Crippen molar-refractivity contribution in [3.63, 3.8) is 0 Å². The lowest BCUT2D eigenvalue weighted by atomic mass is 10.1. The van der Waals surface area contributed by atoms with E-state index in [-0.39, 0.29) is 11.4 Å². The Morgan fingerprint density at radius 2 is 1.89 bits per heavy atom. The van der Waals surface area contributed by atoms with Crippen LogP contribution in [0.25, 0.3) is 0 Å². The fraction of sp³-hybridized carbons (Fsp3) is 0.533. The van der Waals surface area contributed by atoms with Crippen LogP contribution in [0.3, 0.4) is 0 Å². The van der Waals surface area contributed by atoms with Crippen LogP contribution in [0.15, 0.2) is 24.3 Å². The van der Waals surface area contributed by atoms with Crippen molar-refractivity contribution in [3.05, 3.63) is 29.8 Å². The number of carbonyl (C=O) groups is 1. The molecule has 0 fully saturated rings.